The highest BCUT2D eigenvalue weighted by Gasteiger charge is 2.09. The van der Waals surface area contributed by atoms with E-state index in [0.717, 1.165) is 0 Å². The first-order valence-corrected chi connectivity index (χ1v) is 5.21. The fraction of sp³-hybridized carbons (Fsp3) is 0.167. The summed E-state index contributed by atoms with van der Waals surface area (Å²) in [4.78, 5) is 25.5. The number of pyridine rings is 1. The van der Waals surface area contributed by atoms with E-state index in [-0.39, 0.29) is 18.1 Å². The van der Waals surface area contributed by atoms with Gasteiger partial charge in [-0.05, 0) is 12.1 Å². The van der Waals surface area contributed by atoms with E-state index in [1.807, 2.05) is 0 Å². The molecule has 0 aliphatic carbocycles. The number of carbonyl (C=O) groups is 1. The highest BCUT2D eigenvalue weighted by atomic mass is 16.6. The smallest absolute Gasteiger partial charge is 0.311 e. The summed E-state index contributed by atoms with van der Waals surface area (Å²) in [6, 6.07) is 7.76. The number of carbonyl (C=O) groups excluding carboxylic acids is 1. The van der Waals surface area contributed by atoms with Gasteiger partial charge in [-0.2, -0.15) is 0 Å². The molecule has 0 N–H and O–H groups in total. The number of hydrogen-bond acceptors (Lipinski definition) is 5. The third-order valence-corrected chi connectivity index (χ3v) is 2.49. The lowest BCUT2D eigenvalue weighted by atomic mass is 10.1. The Morgan fingerprint density at radius 1 is 1.39 bits per heavy atom. The number of nitro benzene ring substituents is 1. The lowest BCUT2D eigenvalue weighted by molar-refractivity contribution is -0.384. The van der Waals surface area contributed by atoms with Crippen LogP contribution >= 0.6 is 0 Å². The van der Waals surface area contributed by atoms with Crippen molar-refractivity contribution in [2.75, 3.05) is 7.11 Å². The van der Waals surface area contributed by atoms with E-state index in [2.05, 4.69) is 9.72 Å². The van der Waals surface area contributed by atoms with Crippen molar-refractivity contribution in [3.63, 3.8) is 0 Å². The van der Waals surface area contributed by atoms with Crippen molar-refractivity contribution in [3.8, 4) is 0 Å². The number of ether oxygens (including phenoxy) is 1. The van der Waals surface area contributed by atoms with Crippen LogP contribution in [0.3, 0.4) is 0 Å². The Bertz CT molecular complexity index is 625. The number of rotatable bonds is 3. The molecule has 2 rings (SSSR count). The highest BCUT2D eigenvalue weighted by Crippen LogP contribution is 2.19. The largest absolute Gasteiger partial charge is 0.469 e. The first-order chi connectivity index (χ1) is 8.60. The Kier molecular flexibility index (Phi) is 3.18. The number of hydrogen-bond donors (Lipinski definition) is 0. The minimum Gasteiger partial charge on any atom is -0.469 e. The molecule has 0 aliphatic heterocycles. The van der Waals surface area contributed by atoms with E-state index >= 15 is 0 Å². The van der Waals surface area contributed by atoms with Gasteiger partial charge in [0.15, 0.2) is 0 Å². The van der Waals surface area contributed by atoms with Crippen molar-refractivity contribution in [2.24, 2.45) is 0 Å². The summed E-state index contributed by atoms with van der Waals surface area (Å²) in [7, 11) is 1.31. The summed E-state index contributed by atoms with van der Waals surface area (Å²) in [5.41, 5.74) is 1.20. The molecule has 1 heterocycles. The Morgan fingerprint density at radius 3 is 2.83 bits per heavy atom. The topological polar surface area (TPSA) is 82.3 Å². The van der Waals surface area contributed by atoms with Crippen LogP contribution in [0.25, 0.3) is 10.9 Å². The average Bonchev–Trinajstić information content (AvgIpc) is 2.37. The van der Waals surface area contributed by atoms with Gasteiger partial charge in [0.1, 0.15) is 0 Å². The minimum atomic E-state index is -0.457. The van der Waals surface area contributed by atoms with Crippen LogP contribution < -0.4 is 0 Å². The molecule has 0 spiro atoms. The van der Waals surface area contributed by atoms with Crippen molar-refractivity contribution in [1.82, 2.24) is 4.98 Å². The van der Waals surface area contributed by atoms with Crippen molar-refractivity contribution in [1.29, 1.82) is 0 Å². The van der Waals surface area contributed by atoms with Crippen molar-refractivity contribution in [3.05, 3.63) is 46.1 Å². The molecule has 0 unspecified atom stereocenters. The van der Waals surface area contributed by atoms with Gasteiger partial charge in [-0.3, -0.25) is 19.9 Å². The molecule has 6 heteroatoms. The number of nitro groups is 1. The van der Waals surface area contributed by atoms with Crippen LogP contribution in [0, 0.1) is 10.1 Å². The van der Waals surface area contributed by atoms with E-state index in [1.54, 1.807) is 18.2 Å². The second kappa shape index (κ2) is 4.79. The molecule has 0 amide bonds. The second-order valence-corrected chi connectivity index (χ2v) is 3.69. The molecule has 0 atom stereocenters. The predicted octanol–water partition coefficient (Wildman–Crippen LogP) is 1.86. The molecular weight excluding hydrogens is 236 g/mol. The van der Waals surface area contributed by atoms with E-state index < -0.39 is 4.92 Å². The van der Waals surface area contributed by atoms with E-state index in [0.29, 0.717) is 16.6 Å². The van der Waals surface area contributed by atoms with Gasteiger partial charge in [-0.25, -0.2) is 0 Å². The maximum atomic E-state index is 11.1. The summed E-state index contributed by atoms with van der Waals surface area (Å²) >= 11 is 0. The van der Waals surface area contributed by atoms with Gasteiger partial charge in [0, 0.05) is 17.5 Å². The van der Waals surface area contributed by atoms with Crippen LogP contribution in [0.2, 0.25) is 0 Å². The lowest BCUT2D eigenvalue weighted by Gasteiger charge is -2.02. The Balaban J connectivity index is 2.38. The molecule has 6 nitrogen and oxygen atoms in total. The summed E-state index contributed by atoms with van der Waals surface area (Å²) in [6.45, 7) is 0. The summed E-state index contributed by atoms with van der Waals surface area (Å²) in [6.07, 6.45) is 0.0867. The summed E-state index contributed by atoms with van der Waals surface area (Å²) < 4.78 is 4.55. The molecule has 0 saturated heterocycles. The van der Waals surface area contributed by atoms with Crippen molar-refractivity contribution >= 4 is 22.6 Å². The fourth-order valence-electron chi connectivity index (χ4n) is 1.59. The van der Waals surface area contributed by atoms with Gasteiger partial charge in [-0.15, -0.1) is 0 Å². The summed E-state index contributed by atoms with van der Waals surface area (Å²) in [5, 5.41) is 11.3. The lowest BCUT2D eigenvalue weighted by Crippen LogP contribution is -2.05. The SMILES string of the molecule is COC(=O)Cc1ccc2cc([N+](=O)[O-])ccc2n1. The number of non-ortho nitro benzene ring substituents is 1. The number of esters is 1. The fourth-order valence-corrected chi connectivity index (χ4v) is 1.59. The van der Waals surface area contributed by atoms with Crippen LogP contribution in [0.4, 0.5) is 5.69 Å². The maximum Gasteiger partial charge on any atom is 0.311 e. The zero-order valence-electron chi connectivity index (χ0n) is 9.62. The van der Waals surface area contributed by atoms with Crippen LogP contribution in [0.1, 0.15) is 5.69 Å². The first kappa shape index (κ1) is 12.0. The molecule has 0 radical (unpaired) electrons. The van der Waals surface area contributed by atoms with Crippen molar-refractivity contribution < 1.29 is 14.5 Å². The summed E-state index contributed by atoms with van der Waals surface area (Å²) in [5.74, 6) is -0.372. The molecule has 1 aromatic carbocycles. The molecule has 92 valence electrons. The van der Waals surface area contributed by atoms with E-state index in [4.69, 9.17) is 0 Å². The van der Waals surface area contributed by atoms with Gasteiger partial charge in [0.05, 0.1) is 29.7 Å². The molecule has 0 aliphatic rings. The number of methoxy groups -OCH3 is 1. The van der Waals surface area contributed by atoms with Gasteiger partial charge < -0.3 is 4.74 Å². The van der Waals surface area contributed by atoms with Crippen LogP contribution in [0.15, 0.2) is 30.3 Å². The Hall–Kier alpha value is -2.50. The number of aromatic nitrogens is 1. The highest BCUT2D eigenvalue weighted by molar-refractivity contribution is 5.82. The molecule has 18 heavy (non-hydrogen) atoms. The Labute approximate surface area is 102 Å². The average molecular weight is 246 g/mol. The second-order valence-electron chi connectivity index (χ2n) is 3.69. The standard InChI is InChI=1S/C12H10N2O4/c1-18-12(15)7-9-3-2-8-6-10(14(16)17)4-5-11(8)13-9/h2-6H,7H2,1H3. The molecular formula is C12H10N2O4. The zero-order valence-corrected chi connectivity index (χ0v) is 9.62. The zero-order chi connectivity index (χ0) is 13.1. The van der Waals surface area contributed by atoms with Crippen LogP contribution in [0.5, 0.6) is 0 Å². The quantitative estimate of drug-likeness (QED) is 0.469. The third kappa shape index (κ3) is 2.42. The maximum absolute atomic E-state index is 11.1. The van der Waals surface area contributed by atoms with Crippen LogP contribution in [-0.2, 0) is 16.0 Å². The number of fused-ring (bicyclic) bond motifs is 1. The van der Waals surface area contributed by atoms with Gasteiger partial charge in [0.25, 0.3) is 5.69 Å². The molecule has 1 aromatic heterocycles. The molecule has 0 fully saturated rings. The predicted molar refractivity (Wildman–Crippen MR) is 64.1 cm³/mol. The van der Waals surface area contributed by atoms with Gasteiger partial charge in [0.2, 0.25) is 0 Å². The normalized spacial score (nSPS) is 10.3. The molecule has 0 bridgehead atoms. The number of nitrogens with zero attached hydrogens (tertiary/aromatic N) is 2. The number of benzene rings is 1. The van der Waals surface area contributed by atoms with E-state index in [9.17, 15) is 14.9 Å². The van der Waals surface area contributed by atoms with E-state index in [1.165, 1.54) is 19.2 Å². The van der Waals surface area contributed by atoms with Crippen LogP contribution in [-0.4, -0.2) is 23.0 Å². The molecule has 0 saturated carbocycles. The monoisotopic (exact) mass is 246 g/mol. The Morgan fingerprint density at radius 2 is 2.17 bits per heavy atom. The minimum absolute atomic E-state index is 0.0185. The van der Waals surface area contributed by atoms with Gasteiger partial charge >= 0.3 is 5.97 Å². The van der Waals surface area contributed by atoms with Gasteiger partial charge in [-0.1, -0.05) is 6.07 Å². The van der Waals surface area contributed by atoms with Crippen molar-refractivity contribution in [2.45, 2.75) is 6.42 Å². The molecule has 2 aromatic rings. The first-order valence-electron chi connectivity index (χ1n) is 5.21. The third-order valence-electron chi connectivity index (χ3n) is 2.49.